The Labute approximate surface area is 209 Å². The highest BCUT2D eigenvalue weighted by Crippen LogP contribution is 2.32. The van der Waals surface area contributed by atoms with Crippen molar-refractivity contribution in [3.63, 3.8) is 0 Å². The summed E-state index contributed by atoms with van der Waals surface area (Å²) in [5.74, 6) is -0.518. The lowest BCUT2D eigenvalue weighted by Gasteiger charge is -2.21. The number of benzene rings is 2. The number of aryl methyl sites for hydroxylation is 1. The number of rotatable bonds is 9. The number of ether oxygens (including phenoxy) is 1. The summed E-state index contributed by atoms with van der Waals surface area (Å²) in [7, 11) is -3.51. The van der Waals surface area contributed by atoms with Gasteiger partial charge in [0.15, 0.2) is 28.0 Å². The van der Waals surface area contributed by atoms with Crippen LogP contribution in [0.4, 0.5) is 0 Å². The SMILES string of the molecule is CCO/N=C1/CCS(=O)(=O)c2ccc(C(=O)c3cnn(CC)c3OCC(=O)c3ccccc3)c(C)c21. The third-order valence-electron chi connectivity index (χ3n) is 5.98. The number of carbonyl (C=O) groups is 2. The highest BCUT2D eigenvalue weighted by Gasteiger charge is 2.32. The van der Waals surface area contributed by atoms with Gasteiger partial charge in [0, 0.05) is 29.7 Å². The number of nitrogens with zero attached hydrogens (tertiary/aromatic N) is 3. The van der Waals surface area contributed by atoms with Crippen molar-refractivity contribution in [3.8, 4) is 5.88 Å². The highest BCUT2D eigenvalue weighted by molar-refractivity contribution is 7.91. The normalized spacial score (nSPS) is 15.4. The van der Waals surface area contributed by atoms with Gasteiger partial charge in [-0.2, -0.15) is 5.10 Å². The van der Waals surface area contributed by atoms with Crippen LogP contribution in [-0.4, -0.2) is 54.4 Å². The Bertz CT molecular complexity index is 1440. The van der Waals surface area contributed by atoms with Gasteiger partial charge in [-0.05, 0) is 38.5 Å². The first-order chi connectivity index (χ1) is 17.3. The zero-order valence-corrected chi connectivity index (χ0v) is 21.2. The molecule has 2 heterocycles. The summed E-state index contributed by atoms with van der Waals surface area (Å²) in [5, 5.41) is 8.36. The smallest absolute Gasteiger partial charge is 0.223 e. The van der Waals surface area contributed by atoms with E-state index in [0.29, 0.717) is 41.1 Å². The molecule has 0 aliphatic carbocycles. The molecule has 3 aromatic rings. The molecule has 188 valence electrons. The second-order valence-electron chi connectivity index (χ2n) is 8.22. The molecule has 0 atom stereocenters. The lowest BCUT2D eigenvalue weighted by molar-refractivity contribution is 0.0907. The largest absolute Gasteiger partial charge is 0.469 e. The maximum Gasteiger partial charge on any atom is 0.223 e. The molecular formula is C26H27N3O6S. The first-order valence-electron chi connectivity index (χ1n) is 11.7. The summed E-state index contributed by atoms with van der Waals surface area (Å²) in [6.07, 6.45) is 1.59. The van der Waals surface area contributed by atoms with E-state index in [0.717, 1.165) is 0 Å². The Morgan fingerprint density at radius 2 is 1.83 bits per heavy atom. The van der Waals surface area contributed by atoms with Gasteiger partial charge in [0.05, 0.1) is 22.6 Å². The lowest BCUT2D eigenvalue weighted by atomic mass is 9.93. The summed E-state index contributed by atoms with van der Waals surface area (Å²) in [5.41, 5.74) is 2.34. The van der Waals surface area contributed by atoms with E-state index in [-0.39, 0.29) is 40.9 Å². The average Bonchev–Trinajstić information content (AvgIpc) is 3.30. The minimum absolute atomic E-state index is 0.0741. The van der Waals surface area contributed by atoms with Crippen LogP contribution in [0.15, 0.2) is 58.7 Å². The molecule has 1 aromatic heterocycles. The van der Waals surface area contributed by atoms with Crippen molar-refractivity contribution in [3.05, 3.63) is 76.5 Å². The van der Waals surface area contributed by atoms with E-state index in [9.17, 15) is 18.0 Å². The molecule has 4 rings (SSSR count). The molecule has 2 aromatic carbocycles. The van der Waals surface area contributed by atoms with Crippen molar-refractivity contribution in [2.75, 3.05) is 19.0 Å². The molecule has 1 aliphatic heterocycles. The number of fused-ring (bicyclic) bond motifs is 1. The highest BCUT2D eigenvalue weighted by atomic mass is 32.2. The van der Waals surface area contributed by atoms with E-state index in [1.165, 1.54) is 23.0 Å². The molecule has 36 heavy (non-hydrogen) atoms. The van der Waals surface area contributed by atoms with Gasteiger partial charge in [0.1, 0.15) is 12.2 Å². The van der Waals surface area contributed by atoms with E-state index in [4.69, 9.17) is 9.57 Å². The Balaban J connectivity index is 1.71. The van der Waals surface area contributed by atoms with E-state index < -0.39 is 15.6 Å². The maximum absolute atomic E-state index is 13.7. The van der Waals surface area contributed by atoms with Crippen LogP contribution in [0.2, 0.25) is 0 Å². The Morgan fingerprint density at radius 3 is 2.53 bits per heavy atom. The van der Waals surface area contributed by atoms with Crippen molar-refractivity contribution < 1.29 is 27.6 Å². The van der Waals surface area contributed by atoms with Gasteiger partial charge in [-0.15, -0.1) is 0 Å². The minimum atomic E-state index is -3.51. The average molecular weight is 510 g/mol. The molecule has 0 saturated heterocycles. The summed E-state index contributed by atoms with van der Waals surface area (Å²) in [6, 6.07) is 11.7. The van der Waals surface area contributed by atoms with Gasteiger partial charge < -0.3 is 9.57 Å². The number of oxime groups is 1. The van der Waals surface area contributed by atoms with Crippen molar-refractivity contribution in [1.82, 2.24) is 9.78 Å². The summed E-state index contributed by atoms with van der Waals surface area (Å²) >= 11 is 0. The first-order valence-corrected chi connectivity index (χ1v) is 13.3. The van der Waals surface area contributed by atoms with Crippen LogP contribution in [0.5, 0.6) is 5.88 Å². The Kier molecular flexibility index (Phi) is 7.35. The predicted octanol–water partition coefficient (Wildman–Crippen LogP) is 3.62. The second-order valence-corrected chi connectivity index (χ2v) is 10.3. The number of Topliss-reactive ketones (excluding diaryl/α,β-unsaturated/α-hetero) is 1. The number of hydrogen-bond donors (Lipinski definition) is 0. The van der Waals surface area contributed by atoms with Gasteiger partial charge in [-0.1, -0.05) is 35.5 Å². The molecule has 0 amide bonds. The predicted molar refractivity (Wildman–Crippen MR) is 134 cm³/mol. The van der Waals surface area contributed by atoms with Crippen LogP contribution in [0.3, 0.4) is 0 Å². The van der Waals surface area contributed by atoms with E-state index in [1.807, 2.05) is 13.0 Å². The standard InChI is InChI=1S/C26H27N3O6S/c1-4-29-26(34-16-22(30)18-9-7-6-8-10-18)20(15-27-29)25(31)19-11-12-23-24(17(19)3)21(28-35-5-2)13-14-36(23,32)33/h6-12,15H,4-5,13-14,16H2,1-3H3/b28-21-. The zero-order valence-electron chi connectivity index (χ0n) is 20.4. The Morgan fingerprint density at radius 1 is 1.08 bits per heavy atom. The third-order valence-corrected chi connectivity index (χ3v) is 7.73. The molecule has 1 aliphatic rings. The van der Waals surface area contributed by atoms with Crippen LogP contribution in [-0.2, 0) is 21.2 Å². The fourth-order valence-corrected chi connectivity index (χ4v) is 5.68. The molecule has 0 spiro atoms. The van der Waals surface area contributed by atoms with Crippen LogP contribution < -0.4 is 4.74 Å². The minimum Gasteiger partial charge on any atom is -0.469 e. The van der Waals surface area contributed by atoms with Gasteiger partial charge in [0.2, 0.25) is 5.88 Å². The molecule has 10 heteroatoms. The quantitative estimate of drug-likeness (QED) is 0.319. The number of carbonyl (C=O) groups excluding carboxylic acids is 2. The molecule has 0 fully saturated rings. The van der Waals surface area contributed by atoms with Crippen molar-refractivity contribution >= 4 is 27.1 Å². The lowest BCUT2D eigenvalue weighted by Crippen LogP contribution is -2.24. The third kappa shape index (κ3) is 4.81. The number of ketones is 2. The zero-order chi connectivity index (χ0) is 25.9. The summed E-state index contributed by atoms with van der Waals surface area (Å²) < 4.78 is 32.7. The molecule has 0 radical (unpaired) electrons. The number of sulfone groups is 1. The van der Waals surface area contributed by atoms with Crippen LogP contribution in [0, 0.1) is 6.92 Å². The van der Waals surface area contributed by atoms with Gasteiger partial charge >= 0.3 is 0 Å². The molecule has 0 bridgehead atoms. The second kappa shape index (κ2) is 10.4. The molecular weight excluding hydrogens is 482 g/mol. The van der Waals surface area contributed by atoms with Crippen molar-refractivity contribution in [2.24, 2.45) is 5.16 Å². The van der Waals surface area contributed by atoms with Crippen LogP contribution >= 0.6 is 0 Å². The van der Waals surface area contributed by atoms with Gasteiger partial charge in [0.25, 0.3) is 0 Å². The molecule has 9 nitrogen and oxygen atoms in total. The fourth-order valence-electron chi connectivity index (χ4n) is 4.14. The molecule has 0 saturated carbocycles. The fraction of sp³-hybridized carbons (Fsp3) is 0.308. The van der Waals surface area contributed by atoms with Gasteiger partial charge in [-0.25, -0.2) is 13.1 Å². The van der Waals surface area contributed by atoms with Crippen molar-refractivity contribution in [1.29, 1.82) is 0 Å². The van der Waals surface area contributed by atoms with Crippen LogP contribution in [0.1, 0.15) is 57.7 Å². The van der Waals surface area contributed by atoms with E-state index in [1.54, 1.807) is 38.1 Å². The number of hydrogen-bond acceptors (Lipinski definition) is 8. The maximum atomic E-state index is 13.7. The summed E-state index contributed by atoms with van der Waals surface area (Å²) in [4.78, 5) is 31.6. The first kappa shape index (κ1) is 25.3. The van der Waals surface area contributed by atoms with E-state index >= 15 is 0 Å². The monoisotopic (exact) mass is 509 g/mol. The molecule has 0 N–H and O–H groups in total. The van der Waals surface area contributed by atoms with Crippen LogP contribution in [0.25, 0.3) is 0 Å². The number of aromatic nitrogens is 2. The Hall–Kier alpha value is -3.79. The topological polar surface area (TPSA) is 117 Å². The van der Waals surface area contributed by atoms with Gasteiger partial charge in [-0.3, -0.25) is 9.59 Å². The van der Waals surface area contributed by atoms with E-state index in [2.05, 4.69) is 10.3 Å². The van der Waals surface area contributed by atoms with Crippen molar-refractivity contribution in [2.45, 2.75) is 38.6 Å². The molecule has 0 unspecified atom stereocenters. The summed E-state index contributed by atoms with van der Waals surface area (Å²) in [6.45, 7) is 5.82.